The number of allylic oxidation sites excluding steroid dienone is 1. The lowest BCUT2D eigenvalue weighted by Crippen LogP contribution is -2.32. The van der Waals surface area contributed by atoms with Gasteiger partial charge in [0.15, 0.2) is 0 Å². The number of fused-ring (bicyclic) bond motifs is 1. The average Bonchev–Trinajstić information content (AvgIpc) is 3.10. The fourth-order valence-corrected chi connectivity index (χ4v) is 3.71. The van der Waals surface area contributed by atoms with Gasteiger partial charge < -0.3 is 10.1 Å². The van der Waals surface area contributed by atoms with Gasteiger partial charge in [-0.3, -0.25) is 0 Å². The zero-order chi connectivity index (χ0) is 18.1. The number of aromatic nitrogens is 3. The molecule has 0 unspecified atom stereocenters. The Hall–Kier alpha value is -2.70. The molecule has 1 aromatic carbocycles. The molecule has 1 aliphatic carbocycles. The van der Waals surface area contributed by atoms with Crippen molar-refractivity contribution in [3.05, 3.63) is 53.2 Å². The summed E-state index contributed by atoms with van der Waals surface area (Å²) in [5, 5.41) is 7.37. The fourth-order valence-electron chi connectivity index (χ4n) is 3.71. The highest BCUT2D eigenvalue weighted by Crippen LogP contribution is 2.36. The lowest BCUT2D eigenvalue weighted by Gasteiger charge is -2.30. The Morgan fingerprint density at radius 1 is 1.23 bits per heavy atom. The SMILES string of the molecule is CC1=C(C(=O)OC2CCCCC2)[C@H](c2ccc(F)cc2)n2ncnc2N1. The van der Waals surface area contributed by atoms with Gasteiger partial charge >= 0.3 is 5.97 Å². The molecule has 26 heavy (non-hydrogen) atoms. The van der Waals surface area contributed by atoms with Gasteiger partial charge in [0.2, 0.25) is 5.95 Å². The van der Waals surface area contributed by atoms with Gasteiger partial charge in [0.05, 0.1) is 5.57 Å². The van der Waals surface area contributed by atoms with Crippen molar-refractivity contribution in [1.82, 2.24) is 14.8 Å². The van der Waals surface area contributed by atoms with E-state index in [0.29, 0.717) is 17.2 Å². The zero-order valence-electron chi connectivity index (χ0n) is 14.6. The maximum absolute atomic E-state index is 13.4. The summed E-state index contributed by atoms with van der Waals surface area (Å²) in [5.41, 5.74) is 1.93. The van der Waals surface area contributed by atoms with Gasteiger partial charge in [-0.15, -0.1) is 0 Å². The highest BCUT2D eigenvalue weighted by molar-refractivity contribution is 5.92. The van der Waals surface area contributed by atoms with Crippen LogP contribution >= 0.6 is 0 Å². The van der Waals surface area contributed by atoms with Gasteiger partial charge in [-0.25, -0.2) is 13.9 Å². The van der Waals surface area contributed by atoms with Crippen molar-refractivity contribution >= 4 is 11.9 Å². The Balaban J connectivity index is 1.69. The van der Waals surface area contributed by atoms with E-state index >= 15 is 0 Å². The summed E-state index contributed by atoms with van der Waals surface area (Å²) >= 11 is 0. The van der Waals surface area contributed by atoms with Gasteiger partial charge in [0, 0.05) is 5.70 Å². The van der Waals surface area contributed by atoms with E-state index in [1.54, 1.807) is 16.8 Å². The number of hydrogen-bond donors (Lipinski definition) is 1. The predicted molar refractivity (Wildman–Crippen MR) is 93.8 cm³/mol. The Morgan fingerprint density at radius 2 is 1.96 bits per heavy atom. The van der Waals surface area contributed by atoms with Crippen molar-refractivity contribution in [2.24, 2.45) is 0 Å². The van der Waals surface area contributed by atoms with E-state index in [9.17, 15) is 9.18 Å². The molecule has 136 valence electrons. The molecule has 1 aliphatic heterocycles. The second kappa shape index (κ2) is 6.90. The lowest BCUT2D eigenvalue weighted by molar-refractivity contribution is -0.146. The molecule has 2 heterocycles. The molecule has 1 fully saturated rings. The first-order valence-corrected chi connectivity index (χ1v) is 8.97. The van der Waals surface area contributed by atoms with E-state index < -0.39 is 6.04 Å². The van der Waals surface area contributed by atoms with Gasteiger partial charge in [-0.2, -0.15) is 10.1 Å². The number of halogens is 1. The lowest BCUT2D eigenvalue weighted by atomic mass is 9.95. The molecule has 0 amide bonds. The number of carbonyl (C=O) groups is 1. The smallest absolute Gasteiger partial charge is 0.338 e. The molecule has 0 radical (unpaired) electrons. The van der Waals surface area contributed by atoms with E-state index in [1.807, 2.05) is 6.92 Å². The summed E-state index contributed by atoms with van der Waals surface area (Å²) in [4.78, 5) is 17.2. The normalized spacial score (nSPS) is 20.5. The molecule has 6 nitrogen and oxygen atoms in total. The number of nitrogens with one attached hydrogen (secondary N) is 1. The maximum atomic E-state index is 13.4. The summed E-state index contributed by atoms with van der Waals surface area (Å²) in [5.74, 6) is -0.128. The number of nitrogens with zero attached hydrogens (tertiary/aromatic N) is 3. The van der Waals surface area contributed by atoms with Crippen molar-refractivity contribution in [2.75, 3.05) is 5.32 Å². The molecule has 0 bridgehead atoms. The quantitative estimate of drug-likeness (QED) is 0.852. The van der Waals surface area contributed by atoms with Crippen LogP contribution < -0.4 is 5.32 Å². The minimum Gasteiger partial charge on any atom is -0.459 e. The number of esters is 1. The van der Waals surface area contributed by atoms with E-state index in [4.69, 9.17) is 4.74 Å². The van der Waals surface area contributed by atoms with Crippen molar-refractivity contribution in [3.63, 3.8) is 0 Å². The summed E-state index contributed by atoms with van der Waals surface area (Å²) < 4.78 is 20.8. The second-order valence-electron chi connectivity index (χ2n) is 6.81. The minimum absolute atomic E-state index is 0.0393. The first-order chi connectivity index (χ1) is 12.6. The number of hydrogen-bond acceptors (Lipinski definition) is 5. The van der Waals surface area contributed by atoms with Crippen molar-refractivity contribution < 1.29 is 13.9 Å². The summed E-state index contributed by atoms with van der Waals surface area (Å²) in [6.45, 7) is 1.83. The predicted octanol–water partition coefficient (Wildman–Crippen LogP) is 3.58. The highest BCUT2D eigenvalue weighted by Gasteiger charge is 2.35. The first-order valence-electron chi connectivity index (χ1n) is 8.97. The van der Waals surface area contributed by atoms with Gasteiger partial charge in [-0.05, 0) is 50.3 Å². The van der Waals surface area contributed by atoms with Crippen molar-refractivity contribution in [2.45, 2.75) is 51.2 Å². The fraction of sp³-hybridized carbons (Fsp3) is 0.421. The van der Waals surface area contributed by atoms with Gasteiger partial charge in [0.1, 0.15) is 24.3 Å². The maximum Gasteiger partial charge on any atom is 0.338 e. The molecular formula is C19H21FN4O2. The highest BCUT2D eigenvalue weighted by atomic mass is 19.1. The van der Waals surface area contributed by atoms with Crippen LogP contribution in [0.5, 0.6) is 0 Å². The van der Waals surface area contributed by atoms with Crippen LogP contribution in [-0.4, -0.2) is 26.8 Å². The van der Waals surface area contributed by atoms with Crippen LogP contribution in [0.4, 0.5) is 10.3 Å². The molecule has 2 aromatic rings. The van der Waals surface area contributed by atoms with Gasteiger partial charge in [0.25, 0.3) is 0 Å². The van der Waals surface area contributed by atoms with E-state index in [2.05, 4.69) is 15.4 Å². The van der Waals surface area contributed by atoms with E-state index in [-0.39, 0.29) is 17.9 Å². The molecule has 0 saturated heterocycles. The molecule has 1 atom stereocenters. The van der Waals surface area contributed by atoms with Crippen molar-refractivity contribution in [1.29, 1.82) is 0 Å². The molecule has 4 rings (SSSR count). The molecule has 7 heteroatoms. The third-order valence-corrected chi connectivity index (χ3v) is 5.03. The number of benzene rings is 1. The van der Waals surface area contributed by atoms with Crippen LogP contribution in [0, 0.1) is 5.82 Å². The van der Waals surface area contributed by atoms with Gasteiger partial charge in [-0.1, -0.05) is 18.6 Å². The molecule has 1 N–H and O–H groups in total. The topological polar surface area (TPSA) is 69.0 Å². The Bertz CT molecular complexity index is 837. The first kappa shape index (κ1) is 16.8. The number of ether oxygens (including phenoxy) is 1. The molecule has 0 spiro atoms. The molecule has 1 saturated carbocycles. The van der Waals surface area contributed by atoms with Crippen LogP contribution in [0.25, 0.3) is 0 Å². The van der Waals surface area contributed by atoms with E-state index in [1.165, 1.54) is 24.9 Å². The zero-order valence-corrected chi connectivity index (χ0v) is 14.6. The molecular weight excluding hydrogens is 335 g/mol. The summed E-state index contributed by atoms with van der Waals surface area (Å²) in [6, 6.07) is 5.60. The van der Waals surface area contributed by atoms with Crippen LogP contribution in [0.3, 0.4) is 0 Å². The number of anilines is 1. The Labute approximate surface area is 151 Å². The van der Waals surface area contributed by atoms with E-state index in [0.717, 1.165) is 31.2 Å². The Kier molecular flexibility index (Phi) is 4.44. The summed E-state index contributed by atoms with van der Waals surface area (Å²) in [6.07, 6.45) is 6.57. The molecule has 2 aliphatic rings. The number of rotatable bonds is 3. The average molecular weight is 356 g/mol. The monoisotopic (exact) mass is 356 g/mol. The third kappa shape index (κ3) is 3.09. The van der Waals surface area contributed by atoms with Crippen LogP contribution in [0.15, 0.2) is 41.9 Å². The van der Waals surface area contributed by atoms with Crippen molar-refractivity contribution in [3.8, 4) is 0 Å². The second-order valence-corrected chi connectivity index (χ2v) is 6.81. The van der Waals surface area contributed by atoms with Crippen LogP contribution in [0.1, 0.15) is 50.6 Å². The standard InChI is InChI=1S/C19H21FN4O2/c1-12-16(18(25)26-15-5-3-2-4-6-15)17(13-7-9-14(20)10-8-13)24-19(23-12)21-11-22-24/h7-11,15,17H,2-6H2,1H3,(H,21,22,23)/t17-/m0/s1. The third-order valence-electron chi connectivity index (χ3n) is 5.03. The Morgan fingerprint density at radius 3 is 2.69 bits per heavy atom. The van der Waals surface area contributed by atoms with Crippen LogP contribution in [0.2, 0.25) is 0 Å². The molecule has 1 aromatic heterocycles. The number of carbonyl (C=O) groups excluding carboxylic acids is 1. The summed E-state index contributed by atoms with van der Waals surface area (Å²) in [7, 11) is 0. The van der Waals surface area contributed by atoms with Crippen LogP contribution in [-0.2, 0) is 9.53 Å². The largest absolute Gasteiger partial charge is 0.459 e. The minimum atomic E-state index is -0.495.